The number of nitrogens with one attached hydrogen (secondary N) is 1. The number of anilines is 2. The fourth-order valence-electron chi connectivity index (χ4n) is 6.86. The third-order valence-electron chi connectivity index (χ3n) is 8.76. The van der Waals surface area contributed by atoms with Crippen molar-refractivity contribution >= 4 is 43.4 Å². The van der Waals surface area contributed by atoms with E-state index in [2.05, 4.69) is 25.2 Å². The molecular weight excluding hydrogens is 601 g/mol. The molecule has 4 aromatic rings. The Morgan fingerprint density at radius 3 is 2.48 bits per heavy atom. The molecule has 0 saturated carbocycles. The Morgan fingerprint density at radius 1 is 1.05 bits per heavy atom. The van der Waals surface area contributed by atoms with Crippen molar-refractivity contribution in [2.45, 2.75) is 63.4 Å². The molecule has 0 aliphatic carbocycles. The topological polar surface area (TPSA) is 92.4 Å². The molecule has 2 bridgehead atoms. The smallest absolute Gasteiger partial charge is 0.417 e. The SMILES string of the molecule is C[C@@H](CN1CCCCC1)Oc1nc(N2CC3CCC(C2)N3)c2cc(C(F)(F)F)c(-c3ccc(F)c4sc(N)nc34)c(F)c2n1. The van der Waals surface area contributed by atoms with Crippen LogP contribution in [0.4, 0.5) is 32.9 Å². The van der Waals surface area contributed by atoms with Crippen LogP contribution in [0.15, 0.2) is 18.2 Å². The van der Waals surface area contributed by atoms with Crippen LogP contribution in [0.5, 0.6) is 6.01 Å². The van der Waals surface area contributed by atoms with E-state index in [0.29, 0.717) is 19.6 Å². The number of benzene rings is 2. The fourth-order valence-corrected chi connectivity index (χ4v) is 7.62. The number of likely N-dealkylation sites (tertiary alicyclic amines) is 1. The summed E-state index contributed by atoms with van der Waals surface area (Å²) in [6, 6.07) is 3.20. The molecule has 3 atom stereocenters. The van der Waals surface area contributed by atoms with E-state index in [1.807, 2.05) is 11.8 Å². The summed E-state index contributed by atoms with van der Waals surface area (Å²) in [6.07, 6.45) is -0.0371. The van der Waals surface area contributed by atoms with Crippen molar-refractivity contribution in [1.82, 2.24) is 25.2 Å². The Morgan fingerprint density at radius 2 is 1.77 bits per heavy atom. The molecule has 14 heteroatoms. The van der Waals surface area contributed by atoms with Gasteiger partial charge in [0.15, 0.2) is 10.9 Å². The first-order chi connectivity index (χ1) is 21.0. The van der Waals surface area contributed by atoms with Crippen LogP contribution in [0, 0.1) is 11.6 Å². The molecule has 8 nitrogen and oxygen atoms in total. The number of alkyl halides is 3. The molecule has 2 aromatic heterocycles. The molecule has 3 aliphatic heterocycles. The van der Waals surface area contributed by atoms with Crippen molar-refractivity contribution in [3.63, 3.8) is 0 Å². The standard InChI is InChI=1S/C30H32F5N7OS/c1-15(12-41-9-3-2-4-10-41)43-29-39-24-19(27(40-29)42-13-16-5-6-17(14-42)37-16)11-20(30(33,34)35)22(23(24)32)18-7-8-21(31)26-25(18)38-28(36)44-26/h7-8,11,15-17,37H,2-6,9-10,12-14H2,1H3,(H2,36,38)/t15-,16?,17?/m0/s1. The molecule has 234 valence electrons. The van der Waals surface area contributed by atoms with Gasteiger partial charge in [-0.3, -0.25) is 4.90 Å². The summed E-state index contributed by atoms with van der Waals surface area (Å²) in [4.78, 5) is 17.3. The monoisotopic (exact) mass is 633 g/mol. The predicted molar refractivity (Wildman–Crippen MR) is 160 cm³/mol. The minimum atomic E-state index is -4.95. The molecule has 5 heterocycles. The lowest BCUT2D eigenvalue weighted by Crippen LogP contribution is -2.51. The fraction of sp³-hybridized carbons (Fsp3) is 0.500. The van der Waals surface area contributed by atoms with Gasteiger partial charge in [0.2, 0.25) is 0 Å². The highest BCUT2D eigenvalue weighted by atomic mass is 32.1. The Labute approximate surface area is 254 Å². The van der Waals surface area contributed by atoms with Crippen LogP contribution >= 0.6 is 11.3 Å². The van der Waals surface area contributed by atoms with E-state index >= 15 is 4.39 Å². The molecule has 3 aliphatic rings. The maximum absolute atomic E-state index is 16.7. The molecule has 2 unspecified atom stereocenters. The van der Waals surface area contributed by atoms with Crippen LogP contribution < -0.4 is 20.7 Å². The van der Waals surface area contributed by atoms with E-state index in [1.54, 1.807) is 0 Å². The molecule has 0 radical (unpaired) electrons. The Bertz CT molecular complexity index is 1710. The van der Waals surface area contributed by atoms with Gasteiger partial charge in [0, 0.05) is 48.2 Å². The van der Waals surface area contributed by atoms with Crippen LogP contribution in [0.25, 0.3) is 32.2 Å². The summed E-state index contributed by atoms with van der Waals surface area (Å²) in [5.74, 6) is -1.71. The van der Waals surface area contributed by atoms with Crippen molar-refractivity contribution in [3.8, 4) is 17.1 Å². The third kappa shape index (κ3) is 5.40. The van der Waals surface area contributed by atoms with Crippen LogP contribution in [0.2, 0.25) is 0 Å². The Balaban J connectivity index is 1.41. The largest absolute Gasteiger partial charge is 0.459 e. The first kappa shape index (κ1) is 29.4. The quantitative estimate of drug-likeness (QED) is 0.251. The summed E-state index contributed by atoms with van der Waals surface area (Å²) in [5, 5.41) is 3.40. The number of nitrogens with zero attached hydrogens (tertiary/aromatic N) is 5. The molecule has 7 rings (SSSR count). The lowest BCUT2D eigenvalue weighted by Gasteiger charge is -2.34. The van der Waals surface area contributed by atoms with Crippen molar-refractivity contribution in [2.75, 3.05) is 43.4 Å². The minimum absolute atomic E-state index is 0.0440. The number of piperidine rings is 1. The zero-order chi connectivity index (χ0) is 30.7. The van der Waals surface area contributed by atoms with Crippen molar-refractivity contribution in [1.29, 1.82) is 0 Å². The molecule has 3 N–H and O–H groups in total. The van der Waals surface area contributed by atoms with Gasteiger partial charge in [0.05, 0.1) is 15.8 Å². The Hall–Kier alpha value is -3.36. The number of hydrogen-bond acceptors (Lipinski definition) is 9. The van der Waals surface area contributed by atoms with Gasteiger partial charge in [-0.05, 0) is 63.9 Å². The number of aromatic nitrogens is 3. The number of thiazole rings is 1. The van der Waals surface area contributed by atoms with Gasteiger partial charge in [0.1, 0.15) is 23.3 Å². The molecule has 0 spiro atoms. The third-order valence-corrected chi connectivity index (χ3v) is 9.66. The molecular formula is C30H32F5N7OS. The van der Waals surface area contributed by atoms with Crippen LogP contribution in [-0.4, -0.2) is 70.8 Å². The molecule has 2 aromatic carbocycles. The highest BCUT2D eigenvalue weighted by molar-refractivity contribution is 7.22. The van der Waals surface area contributed by atoms with E-state index in [9.17, 15) is 17.6 Å². The summed E-state index contributed by atoms with van der Waals surface area (Å²) >= 11 is 0.787. The minimum Gasteiger partial charge on any atom is -0.459 e. The van der Waals surface area contributed by atoms with E-state index < -0.39 is 28.9 Å². The lowest BCUT2D eigenvalue weighted by atomic mass is 9.95. The predicted octanol–water partition coefficient (Wildman–Crippen LogP) is 5.98. The van der Waals surface area contributed by atoms with E-state index in [0.717, 1.165) is 68.3 Å². The summed E-state index contributed by atoms with van der Waals surface area (Å²) in [7, 11) is 0. The number of halogens is 5. The lowest BCUT2D eigenvalue weighted by molar-refractivity contribution is -0.137. The Kier molecular flexibility index (Phi) is 7.48. The maximum Gasteiger partial charge on any atom is 0.417 e. The average molecular weight is 634 g/mol. The van der Waals surface area contributed by atoms with Gasteiger partial charge in [0.25, 0.3) is 0 Å². The van der Waals surface area contributed by atoms with Gasteiger partial charge < -0.3 is 20.7 Å². The van der Waals surface area contributed by atoms with Gasteiger partial charge >= 0.3 is 12.2 Å². The second-order valence-corrected chi connectivity index (χ2v) is 13.0. The van der Waals surface area contributed by atoms with E-state index in [-0.39, 0.29) is 61.8 Å². The summed E-state index contributed by atoms with van der Waals surface area (Å²) in [5.41, 5.74) is 3.14. The van der Waals surface area contributed by atoms with Gasteiger partial charge in [-0.25, -0.2) is 13.8 Å². The van der Waals surface area contributed by atoms with Gasteiger partial charge in [-0.1, -0.05) is 17.8 Å². The number of fused-ring (bicyclic) bond motifs is 4. The number of nitrogens with two attached hydrogens (primary N) is 1. The number of hydrogen-bond donors (Lipinski definition) is 2. The second kappa shape index (κ2) is 11.2. The first-order valence-electron chi connectivity index (χ1n) is 14.9. The molecule has 0 amide bonds. The van der Waals surface area contributed by atoms with Crippen LogP contribution in [-0.2, 0) is 6.18 Å². The zero-order valence-electron chi connectivity index (χ0n) is 24.1. The van der Waals surface area contributed by atoms with E-state index in [1.165, 1.54) is 6.42 Å². The highest BCUT2D eigenvalue weighted by Crippen LogP contribution is 2.46. The number of rotatable bonds is 6. The normalized spacial score (nSPS) is 21.8. The van der Waals surface area contributed by atoms with Crippen molar-refractivity contribution in [2.24, 2.45) is 0 Å². The van der Waals surface area contributed by atoms with Crippen molar-refractivity contribution in [3.05, 3.63) is 35.4 Å². The molecule has 44 heavy (non-hydrogen) atoms. The van der Waals surface area contributed by atoms with Gasteiger partial charge in [-0.15, -0.1) is 0 Å². The van der Waals surface area contributed by atoms with Crippen LogP contribution in [0.3, 0.4) is 0 Å². The van der Waals surface area contributed by atoms with Crippen LogP contribution in [0.1, 0.15) is 44.6 Å². The average Bonchev–Trinajstić information content (AvgIpc) is 3.54. The highest BCUT2D eigenvalue weighted by Gasteiger charge is 2.39. The summed E-state index contributed by atoms with van der Waals surface area (Å²) < 4.78 is 81.6. The van der Waals surface area contributed by atoms with Gasteiger partial charge in [-0.2, -0.15) is 23.1 Å². The molecule has 3 fully saturated rings. The second-order valence-electron chi connectivity index (χ2n) is 12.0. The molecule has 3 saturated heterocycles. The number of ether oxygens (including phenoxy) is 1. The van der Waals surface area contributed by atoms with Crippen molar-refractivity contribution < 1.29 is 26.7 Å². The summed E-state index contributed by atoms with van der Waals surface area (Å²) in [6.45, 7) is 5.41. The zero-order valence-corrected chi connectivity index (χ0v) is 24.9. The maximum atomic E-state index is 16.7. The number of piperazine rings is 1. The van der Waals surface area contributed by atoms with E-state index in [4.69, 9.17) is 10.5 Å². The number of nitrogen functional groups attached to an aromatic ring is 1. The first-order valence-corrected chi connectivity index (χ1v) is 15.7.